The molecule has 0 spiro atoms. The van der Waals surface area contributed by atoms with Gasteiger partial charge in [0.2, 0.25) is 5.91 Å². The van der Waals surface area contributed by atoms with E-state index in [2.05, 4.69) is 5.32 Å². The van der Waals surface area contributed by atoms with Gasteiger partial charge in [0.05, 0.1) is 15.9 Å². The summed E-state index contributed by atoms with van der Waals surface area (Å²) in [5.41, 5.74) is 5.04. The zero-order valence-electron chi connectivity index (χ0n) is 22.1. The van der Waals surface area contributed by atoms with Crippen LogP contribution in [0.4, 0.5) is 0 Å². The highest BCUT2D eigenvalue weighted by molar-refractivity contribution is 7.21. The lowest BCUT2D eigenvalue weighted by atomic mass is 10.0. The number of amides is 1. The predicted molar refractivity (Wildman–Crippen MR) is 156 cm³/mol. The Hall–Kier alpha value is -4.36. The largest absolute Gasteiger partial charge is 0.489 e. The molecular formula is C32H30N2O4S. The second-order valence-corrected chi connectivity index (χ2v) is 11.5. The van der Waals surface area contributed by atoms with Crippen LogP contribution in [0, 0.1) is 0 Å². The van der Waals surface area contributed by atoms with Gasteiger partial charge in [-0.15, -0.1) is 11.3 Å². The van der Waals surface area contributed by atoms with Crippen molar-refractivity contribution < 1.29 is 19.4 Å². The summed E-state index contributed by atoms with van der Waals surface area (Å²) in [6.07, 6.45) is 0. The van der Waals surface area contributed by atoms with Crippen LogP contribution in [0.1, 0.15) is 36.0 Å². The van der Waals surface area contributed by atoms with Crippen molar-refractivity contribution in [1.82, 2.24) is 9.88 Å². The van der Waals surface area contributed by atoms with Gasteiger partial charge in [-0.3, -0.25) is 4.79 Å². The molecule has 3 aromatic carbocycles. The van der Waals surface area contributed by atoms with Gasteiger partial charge in [0.1, 0.15) is 23.8 Å². The molecule has 0 aliphatic rings. The average Bonchev–Trinajstić information content (AvgIpc) is 3.46. The monoisotopic (exact) mass is 538 g/mol. The molecule has 0 saturated carbocycles. The SMILES string of the molecule is CC(C)(C)NC(=O)Cn1c(-c2ccc(OCc3ccccc3)cc2)c(-c2ccccc2)c2sc(C(=O)O)cc21. The summed E-state index contributed by atoms with van der Waals surface area (Å²) in [5, 5.41) is 12.8. The Morgan fingerprint density at radius 3 is 2.15 bits per heavy atom. The molecule has 0 fully saturated rings. The van der Waals surface area contributed by atoms with Crippen molar-refractivity contribution in [1.29, 1.82) is 0 Å². The molecule has 0 saturated heterocycles. The summed E-state index contributed by atoms with van der Waals surface area (Å²) in [4.78, 5) is 25.3. The third kappa shape index (κ3) is 5.89. The molecule has 0 aliphatic carbocycles. The van der Waals surface area contributed by atoms with Crippen LogP contribution in [0.25, 0.3) is 32.6 Å². The van der Waals surface area contributed by atoms with Crippen LogP contribution in [0.2, 0.25) is 0 Å². The van der Waals surface area contributed by atoms with Gasteiger partial charge in [-0.05, 0) is 67.8 Å². The molecule has 2 heterocycles. The van der Waals surface area contributed by atoms with Crippen LogP contribution >= 0.6 is 11.3 Å². The third-order valence-electron chi connectivity index (χ3n) is 6.20. The second kappa shape index (κ2) is 10.8. The third-order valence-corrected chi connectivity index (χ3v) is 7.33. The number of ether oxygens (including phenoxy) is 1. The molecule has 6 nitrogen and oxygen atoms in total. The van der Waals surface area contributed by atoms with E-state index in [0.29, 0.717) is 6.61 Å². The fraction of sp³-hybridized carbons (Fsp3) is 0.188. The highest BCUT2D eigenvalue weighted by atomic mass is 32.1. The van der Waals surface area contributed by atoms with Gasteiger partial charge < -0.3 is 19.7 Å². The Labute approximate surface area is 231 Å². The summed E-state index contributed by atoms with van der Waals surface area (Å²) in [6.45, 7) is 6.33. The molecule has 0 radical (unpaired) electrons. The smallest absolute Gasteiger partial charge is 0.345 e. The lowest BCUT2D eigenvalue weighted by molar-refractivity contribution is -0.123. The van der Waals surface area contributed by atoms with Crippen LogP contribution in [0.5, 0.6) is 5.75 Å². The number of rotatable bonds is 8. The fourth-order valence-corrected chi connectivity index (χ4v) is 5.69. The molecule has 7 heteroatoms. The number of fused-ring (bicyclic) bond motifs is 1. The van der Waals surface area contributed by atoms with E-state index >= 15 is 0 Å². The van der Waals surface area contributed by atoms with Crippen molar-refractivity contribution in [2.24, 2.45) is 0 Å². The van der Waals surface area contributed by atoms with E-state index in [0.717, 1.165) is 43.9 Å². The van der Waals surface area contributed by atoms with Crippen molar-refractivity contribution in [2.45, 2.75) is 39.5 Å². The van der Waals surface area contributed by atoms with E-state index in [4.69, 9.17) is 4.74 Å². The first-order chi connectivity index (χ1) is 18.7. The van der Waals surface area contributed by atoms with Gasteiger partial charge in [0.15, 0.2) is 0 Å². The number of carboxylic acids is 1. The highest BCUT2D eigenvalue weighted by Crippen LogP contribution is 2.45. The van der Waals surface area contributed by atoms with Crippen LogP contribution < -0.4 is 10.1 Å². The molecule has 0 bridgehead atoms. The molecule has 39 heavy (non-hydrogen) atoms. The first-order valence-electron chi connectivity index (χ1n) is 12.7. The second-order valence-electron chi connectivity index (χ2n) is 10.4. The standard InChI is InChI=1S/C32H30N2O4S/c1-32(2,3)33-27(35)19-34-25-18-26(31(36)37)39-30(25)28(22-12-8-5-9-13-22)29(34)23-14-16-24(17-15-23)38-20-21-10-6-4-7-11-21/h4-18H,19-20H2,1-3H3,(H,33,35)(H,36,37). The molecule has 0 aliphatic heterocycles. The topological polar surface area (TPSA) is 80.6 Å². The van der Waals surface area contributed by atoms with Crippen LogP contribution in [-0.4, -0.2) is 27.1 Å². The molecule has 2 aromatic heterocycles. The maximum atomic E-state index is 13.2. The number of carbonyl (C=O) groups is 2. The lowest BCUT2D eigenvalue weighted by Crippen LogP contribution is -2.42. The maximum absolute atomic E-state index is 13.2. The van der Waals surface area contributed by atoms with Gasteiger partial charge in [0, 0.05) is 11.1 Å². The Bertz CT molecular complexity index is 1610. The van der Waals surface area contributed by atoms with Gasteiger partial charge in [0.25, 0.3) is 0 Å². The fourth-order valence-electron chi connectivity index (χ4n) is 4.62. The Kier molecular flexibility index (Phi) is 7.26. The molecule has 1 amide bonds. The zero-order valence-corrected chi connectivity index (χ0v) is 22.9. The maximum Gasteiger partial charge on any atom is 0.345 e. The van der Waals surface area contributed by atoms with Crippen molar-refractivity contribution in [2.75, 3.05) is 0 Å². The zero-order chi connectivity index (χ0) is 27.6. The van der Waals surface area contributed by atoms with Gasteiger partial charge >= 0.3 is 5.97 Å². The number of carboxylic acid groups (broad SMARTS) is 1. The van der Waals surface area contributed by atoms with Crippen LogP contribution in [-0.2, 0) is 17.9 Å². The summed E-state index contributed by atoms with van der Waals surface area (Å²) >= 11 is 1.23. The number of aromatic nitrogens is 1. The first kappa shape index (κ1) is 26.3. The molecule has 5 rings (SSSR count). The average molecular weight is 539 g/mol. The van der Waals surface area contributed by atoms with Crippen molar-refractivity contribution in [3.8, 4) is 28.1 Å². The van der Waals surface area contributed by atoms with Crippen molar-refractivity contribution >= 4 is 33.4 Å². The van der Waals surface area contributed by atoms with Crippen molar-refractivity contribution in [3.05, 3.63) is 101 Å². The van der Waals surface area contributed by atoms with E-state index in [1.54, 1.807) is 6.07 Å². The van der Waals surface area contributed by atoms with E-state index in [9.17, 15) is 14.7 Å². The molecular weight excluding hydrogens is 508 g/mol. The summed E-state index contributed by atoms with van der Waals surface area (Å²) in [5.74, 6) is -0.393. The van der Waals surface area contributed by atoms with E-state index in [1.165, 1.54) is 11.3 Å². The predicted octanol–water partition coefficient (Wildman–Crippen LogP) is 7.23. The summed E-state index contributed by atoms with van der Waals surface area (Å²) < 4.78 is 8.77. The van der Waals surface area contributed by atoms with E-state index in [1.807, 2.05) is 110 Å². The minimum absolute atomic E-state index is 0.0536. The highest BCUT2D eigenvalue weighted by Gasteiger charge is 2.26. The first-order valence-corrected chi connectivity index (χ1v) is 13.5. The van der Waals surface area contributed by atoms with Gasteiger partial charge in [-0.2, -0.15) is 0 Å². The summed E-state index contributed by atoms with van der Waals surface area (Å²) in [6, 6.07) is 29.4. The molecule has 2 N–H and O–H groups in total. The number of hydrogen-bond acceptors (Lipinski definition) is 4. The van der Waals surface area contributed by atoms with Crippen LogP contribution in [0.15, 0.2) is 91.0 Å². The number of benzene rings is 3. The minimum Gasteiger partial charge on any atom is -0.489 e. The normalized spacial score (nSPS) is 11.5. The molecule has 5 aromatic rings. The van der Waals surface area contributed by atoms with E-state index in [-0.39, 0.29) is 17.3 Å². The molecule has 0 atom stereocenters. The minimum atomic E-state index is -0.984. The van der Waals surface area contributed by atoms with Gasteiger partial charge in [-0.1, -0.05) is 60.7 Å². The number of nitrogens with zero attached hydrogens (tertiary/aromatic N) is 1. The summed E-state index contributed by atoms with van der Waals surface area (Å²) in [7, 11) is 0. The van der Waals surface area contributed by atoms with E-state index < -0.39 is 11.5 Å². The Morgan fingerprint density at radius 1 is 0.897 bits per heavy atom. The number of hydrogen-bond donors (Lipinski definition) is 2. The number of carbonyl (C=O) groups excluding carboxylic acids is 1. The molecule has 0 unspecified atom stereocenters. The number of nitrogens with one attached hydrogen (secondary N) is 1. The van der Waals surface area contributed by atoms with Crippen molar-refractivity contribution in [3.63, 3.8) is 0 Å². The number of aromatic carboxylic acids is 1. The quantitative estimate of drug-likeness (QED) is 0.218. The van der Waals surface area contributed by atoms with Crippen LogP contribution in [0.3, 0.4) is 0 Å². The van der Waals surface area contributed by atoms with Gasteiger partial charge in [-0.25, -0.2) is 4.79 Å². The molecule has 198 valence electrons. The Morgan fingerprint density at radius 2 is 1.54 bits per heavy atom. The number of thiophene rings is 1. The Balaban J connectivity index is 1.62. The lowest BCUT2D eigenvalue weighted by Gasteiger charge is -2.21.